The van der Waals surface area contributed by atoms with Gasteiger partial charge in [0.1, 0.15) is 0 Å². The summed E-state index contributed by atoms with van der Waals surface area (Å²) >= 11 is 0. The van der Waals surface area contributed by atoms with Crippen molar-refractivity contribution in [1.29, 1.82) is 0 Å². The molecule has 5 N–H and O–H groups in total. The molecular formula is C25H46N2O3. The van der Waals surface area contributed by atoms with Gasteiger partial charge in [0, 0.05) is 11.5 Å². The molecule has 3 unspecified atom stereocenters. The summed E-state index contributed by atoms with van der Waals surface area (Å²) in [6, 6.07) is 0.246. The molecule has 0 spiro atoms. The van der Waals surface area contributed by atoms with E-state index in [1.54, 1.807) is 0 Å². The Morgan fingerprint density at radius 1 is 1.03 bits per heavy atom. The molecule has 0 heterocycles. The van der Waals surface area contributed by atoms with Gasteiger partial charge in [0.25, 0.3) is 0 Å². The fourth-order valence-electron chi connectivity index (χ4n) is 8.64. The number of nitrogens with one attached hydrogen (secondary N) is 1. The number of nitrogens with two attached hydrogens (primary N) is 1. The Balaban J connectivity index is 1.46. The molecule has 0 aromatic heterocycles. The molecule has 30 heavy (non-hydrogen) atoms. The lowest BCUT2D eigenvalue weighted by Crippen LogP contribution is -2.63. The molecule has 0 aromatic rings. The van der Waals surface area contributed by atoms with Crippen LogP contribution in [-0.2, 0) is 4.84 Å². The Hall–Kier alpha value is -0.200. The van der Waals surface area contributed by atoms with Gasteiger partial charge in [-0.1, -0.05) is 13.8 Å². The van der Waals surface area contributed by atoms with Gasteiger partial charge < -0.3 is 20.8 Å². The Morgan fingerprint density at radius 2 is 1.83 bits per heavy atom. The number of unbranched alkanes of at least 4 members (excludes halogenated alkanes) is 1. The summed E-state index contributed by atoms with van der Waals surface area (Å²) < 4.78 is 0. The molecule has 4 saturated carbocycles. The second-order valence-electron chi connectivity index (χ2n) is 11.7. The Bertz CT molecular complexity index is 603. The smallest absolute Gasteiger partial charge is 0.0735 e. The molecule has 9 atom stereocenters. The van der Waals surface area contributed by atoms with Crippen LogP contribution in [0.1, 0.15) is 91.4 Å². The van der Waals surface area contributed by atoms with Crippen LogP contribution in [-0.4, -0.2) is 41.1 Å². The van der Waals surface area contributed by atoms with Gasteiger partial charge in [-0.2, -0.15) is 5.48 Å². The van der Waals surface area contributed by atoms with Crippen molar-refractivity contribution in [3.8, 4) is 0 Å². The fourth-order valence-corrected chi connectivity index (χ4v) is 8.64. The molecule has 4 aliphatic rings. The van der Waals surface area contributed by atoms with Crippen LogP contribution in [0.25, 0.3) is 0 Å². The number of aliphatic hydroxyl groups is 2. The predicted molar refractivity (Wildman–Crippen MR) is 120 cm³/mol. The van der Waals surface area contributed by atoms with Crippen molar-refractivity contribution >= 4 is 0 Å². The summed E-state index contributed by atoms with van der Waals surface area (Å²) in [6.07, 6.45) is 11.6. The topological polar surface area (TPSA) is 87.7 Å². The maximum absolute atomic E-state index is 12.3. The van der Waals surface area contributed by atoms with Crippen molar-refractivity contribution in [2.24, 2.45) is 40.2 Å². The van der Waals surface area contributed by atoms with E-state index in [0.717, 1.165) is 57.8 Å². The van der Waals surface area contributed by atoms with Gasteiger partial charge >= 0.3 is 0 Å². The van der Waals surface area contributed by atoms with Crippen LogP contribution < -0.4 is 11.2 Å². The minimum absolute atomic E-state index is 0.0431. The first-order valence-corrected chi connectivity index (χ1v) is 12.7. The first-order valence-electron chi connectivity index (χ1n) is 12.7. The molecule has 4 fully saturated rings. The van der Waals surface area contributed by atoms with Crippen molar-refractivity contribution in [3.05, 3.63) is 0 Å². The van der Waals surface area contributed by atoms with E-state index in [0.29, 0.717) is 42.2 Å². The normalized spacial score (nSPS) is 49.2. The molecule has 5 nitrogen and oxygen atoms in total. The Kier molecular flexibility index (Phi) is 6.61. The number of fused-ring (bicyclic) bond motifs is 5. The third kappa shape index (κ3) is 3.57. The molecule has 0 radical (unpaired) electrons. The van der Waals surface area contributed by atoms with E-state index in [1.807, 2.05) is 0 Å². The maximum Gasteiger partial charge on any atom is 0.0735 e. The lowest BCUT2D eigenvalue weighted by atomic mass is 9.43. The molecule has 4 aliphatic carbocycles. The van der Waals surface area contributed by atoms with Crippen molar-refractivity contribution in [3.63, 3.8) is 0 Å². The number of hydroxylamine groups is 1. The number of aliphatic hydroxyl groups excluding tert-OH is 1. The first-order chi connectivity index (χ1) is 14.3. The molecule has 0 aromatic carbocycles. The van der Waals surface area contributed by atoms with E-state index < -0.39 is 5.60 Å². The first kappa shape index (κ1) is 23.0. The van der Waals surface area contributed by atoms with Crippen molar-refractivity contribution < 1.29 is 15.1 Å². The van der Waals surface area contributed by atoms with E-state index in [9.17, 15) is 10.2 Å². The highest BCUT2D eigenvalue weighted by molar-refractivity contribution is 5.17. The third-order valence-corrected chi connectivity index (χ3v) is 10.5. The number of rotatable bonds is 7. The summed E-state index contributed by atoms with van der Waals surface area (Å²) in [5.41, 5.74) is 8.58. The van der Waals surface area contributed by atoms with Gasteiger partial charge in [0.2, 0.25) is 0 Å². The van der Waals surface area contributed by atoms with Crippen molar-refractivity contribution in [2.75, 3.05) is 13.2 Å². The molecule has 174 valence electrons. The molecular weight excluding hydrogens is 376 g/mol. The van der Waals surface area contributed by atoms with Crippen LogP contribution in [0, 0.1) is 34.5 Å². The second kappa shape index (κ2) is 8.62. The van der Waals surface area contributed by atoms with Crippen LogP contribution in [0.3, 0.4) is 0 Å². The van der Waals surface area contributed by atoms with Crippen LogP contribution in [0.4, 0.5) is 0 Å². The van der Waals surface area contributed by atoms with E-state index in [4.69, 9.17) is 10.6 Å². The van der Waals surface area contributed by atoms with E-state index in [1.165, 1.54) is 12.8 Å². The van der Waals surface area contributed by atoms with Crippen molar-refractivity contribution in [1.82, 2.24) is 5.48 Å². The van der Waals surface area contributed by atoms with Crippen LogP contribution in [0.5, 0.6) is 0 Å². The summed E-state index contributed by atoms with van der Waals surface area (Å²) in [6.45, 7) is 8.50. The maximum atomic E-state index is 12.3. The summed E-state index contributed by atoms with van der Waals surface area (Å²) in [5.74, 6) is 2.10. The zero-order valence-corrected chi connectivity index (χ0v) is 19.5. The SMILES string of the molecule is CC(NOCCCCN)[C@H]1CC[C@@]2(O)[C@@H]3CCC4CC(O)CC[C@]4(C)[C@H]3CC[C@]12C. The van der Waals surface area contributed by atoms with Gasteiger partial charge in [-0.3, -0.25) is 0 Å². The summed E-state index contributed by atoms with van der Waals surface area (Å²) in [5, 5.41) is 22.5. The standard InChI is InChI=1S/C25H46N2O3/c1-17(27-30-15-5-4-14-26)20-10-13-25(29)22-7-6-18-16-19(28)8-11-23(18,2)21(22)9-12-24(20,25)3/h17-22,27-29H,4-16,26H2,1-3H3/t17?,18?,19?,20-,21+,22-,23+,24-,25-/m1/s1. The molecule has 5 heteroatoms. The highest BCUT2D eigenvalue weighted by Gasteiger charge is 2.67. The van der Waals surface area contributed by atoms with Gasteiger partial charge in [-0.25, -0.2) is 0 Å². The molecule has 0 saturated heterocycles. The molecule has 0 amide bonds. The number of hydrogen-bond acceptors (Lipinski definition) is 5. The van der Waals surface area contributed by atoms with Gasteiger partial charge in [-0.05, 0) is 113 Å². The lowest BCUT2D eigenvalue weighted by Gasteiger charge is -2.63. The van der Waals surface area contributed by atoms with Gasteiger partial charge in [0.05, 0.1) is 18.3 Å². The lowest BCUT2D eigenvalue weighted by molar-refractivity contribution is -0.213. The average molecular weight is 423 g/mol. The highest BCUT2D eigenvalue weighted by atomic mass is 16.6. The highest BCUT2D eigenvalue weighted by Crippen LogP contribution is 2.69. The van der Waals surface area contributed by atoms with E-state index in [2.05, 4.69) is 26.3 Å². The summed E-state index contributed by atoms with van der Waals surface area (Å²) in [4.78, 5) is 5.76. The van der Waals surface area contributed by atoms with Gasteiger partial charge in [-0.15, -0.1) is 0 Å². The minimum atomic E-state index is -0.555. The molecule has 0 aliphatic heterocycles. The van der Waals surface area contributed by atoms with Crippen molar-refractivity contribution in [2.45, 2.75) is 109 Å². The quantitative estimate of drug-likeness (QED) is 0.371. The third-order valence-electron chi connectivity index (χ3n) is 10.5. The molecule has 0 bridgehead atoms. The van der Waals surface area contributed by atoms with Crippen LogP contribution in [0.2, 0.25) is 0 Å². The van der Waals surface area contributed by atoms with E-state index >= 15 is 0 Å². The van der Waals surface area contributed by atoms with Gasteiger partial charge in [0.15, 0.2) is 0 Å². The zero-order valence-electron chi connectivity index (χ0n) is 19.5. The fraction of sp³-hybridized carbons (Fsp3) is 1.00. The predicted octanol–water partition coefficient (Wildman–Crippen LogP) is 3.77. The Labute approximate surface area is 183 Å². The Morgan fingerprint density at radius 3 is 2.60 bits per heavy atom. The second-order valence-corrected chi connectivity index (χ2v) is 11.7. The largest absolute Gasteiger partial charge is 0.393 e. The monoisotopic (exact) mass is 422 g/mol. The zero-order chi connectivity index (χ0) is 21.6. The summed E-state index contributed by atoms with van der Waals surface area (Å²) in [7, 11) is 0. The van der Waals surface area contributed by atoms with E-state index in [-0.39, 0.29) is 17.6 Å². The minimum Gasteiger partial charge on any atom is -0.393 e. The average Bonchev–Trinajstić information content (AvgIpc) is 3.00. The number of hydrogen-bond donors (Lipinski definition) is 4. The van der Waals surface area contributed by atoms with Crippen LogP contribution >= 0.6 is 0 Å². The molecule has 4 rings (SSSR count). The van der Waals surface area contributed by atoms with Crippen LogP contribution in [0.15, 0.2) is 0 Å².